The van der Waals surface area contributed by atoms with Crippen molar-refractivity contribution in [3.63, 3.8) is 0 Å². The largest absolute Gasteiger partial charge is 0.347 e. The fourth-order valence-corrected chi connectivity index (χ4v) is 1.97. The first-order valence-corrected chi connectivity index (χ1v) is 6.93. The van der Waals surface area contributed by atoms with Gasteiger partial charge in [-0.1, -0.05) is 30.3 Å². The average molecular weight is 300 g/mol. The summed E-state index contributed by atoms with van der Waals surface area (Å²) in [4.78, 5) is 25.1. The van der Waals surface area contributed by atoms with Crippen molar-refractivity contribution in [2.24, 2.45) is 0 Å². The SMILES string of the molecule is CN(C(=O)C(=O)NCCc1ccc(F)cc1)c1ccccc1. The van der Waals surface area contributed by atoms with Crippen LogP contribution < -0.4 is 10.2 Å². The number of anilines is 1. The first kappa shape index (κ1) is 15.7. The highest BCUT2D eigenvalue weighted by Crippen LogP contribution is 2.10. The molecule has 5 heteroatoms. The number of nitrogens with zero attached hydrogens (tertiary/aromatic N) is 1. The van der Waals surface area contributed by atoms with Gasteiger partial charge >= 0.3 is 11.8 Å². The molecule has 0 radical (unpaired) electrons. The molecule has 0 heterocycles. The molecule has 2 aromatic rings. The highest BCUT2D eigenvalue weighted by molar-refractivity contribution is 6.40. The van der Waals surface area contributed by atoms with E-state index < -0.39 is 11.8 Å². The third-order valence-electron chi connectivity index (χ3n) is 3.25. The van der Waals surface area contributed by atoms with E-state index in [-0.39, 0.29) is 5.82 Å². The minimum absolute atomic E-state index is 0.299. The molecule has 0 saturated carbocycles. The third-order valence-corrected chi connectivity index (χ3v) is 3.25. The van der Waals surface area contributed by atoms with E-state index in [4.69, 9.17) is 0 Å². The maximum atomic E-state index is 12.8. The number of carbonyl (C=O) groups is 2. The number of para-hydroxylation sites is 1. The van der Waals surface area contributed by atoms with E-state index in [1.807, 2.05) is 6.07 Å². The molecule has 4 nitrogen and oxygen atoms in total. The molecule has 0 aliphatic heterocycles. The minimum atomic E-state index is -0.659. The first-order chi connectivity index (χ1) is 10.6. The molecule has 0 atom stereocenters. The van der Waals surface area contributed by atoms with Gasteiger partial charge in [-0.15, -0.1) is 0 Å². The summed E-state index contributed by atoms with van der Waals surface area (Å²) in [6, 6.07) is 15.0. The Hall–Kier alpha value is -2.69. The minimum Gasteiger partial charge on any atom is -0.347 e. The quantitative estimate of drug-likeness (QED) is 0.880. The number of hydrogen-bond donors (Lipinski definition) is 1. The van der Waals surface area contributed by atoms with E-state index >= 15 is 0 Å². The predicted octanol–water partition coefficient (Wildman–Crippen LogP) is 2.15. The molecule has 22 heavy (non-hydrogen) atoms. The smallest absolute Gasteiger partial charge is 0.316 e. The van der Waals surface area contributed by atoms with Crippen LogP contribution in [-0.2, 0) is 16.0 Å². The lowest BCUT2D eigenvalue weighted by molar-refractivity contribution is -0.137. The Morgan fingerprint density at radius 1 is 1.05 bits per heavy atom. The lowest BCUT2D eigenvalue weighted by Crippen LogP contribution is -2.41. The molecule has 0 aliphatic carbocycles. The van der Waals surface area contributed by atoms with Crippen molar-refractivity contribution < 1.29 is 14.0 Å². The predicted molar refractivity (Wildman–Crippen MR) is 83.0 cm³/mol. The van der Waals surface area contributed by atoms with Gasteiger partial charge in [-0.25, -0.2) is 4.39 Å². The van der Waals surface area contributed by atoms with Gasteiger partial charge in [-0.2, -0.15) is 0 Å². The Morgan fingerprint density at radius 3 is 2.32 bits per heavy atom. The van der Waals surface area contributed by atoms with Crippen LogP contribution >= 0.6 is 0 Å². The lowest BCUT2D eigenvalue weighted by atomic mass is 10.1. The molecule has 1 N–H and O–H groups in total. The summed E-state index contributed by atoms with van der Waals surface area (Å²) in [5, 5.41) is 2.57. The fraction of sp³-hybridized carbons (Fsp3) is 0.176. The van der Waals surface area contributed by atoms with E-state index in [1.165, 1.54) is 17.0 Å². The van der Waals surface area contributed by atoms with Gasteiger partial charge in [0.1, 0.15) is 5.82 Å². The van der Waals surface area contributed by atoms with Crippen molar-refractivity contribution >= 4 is 17.5 Å². The standard InChI is InChI=1S/C17H17FN2O2/c1-20(15-5-3-2-4-6-15)17(22)16(21)19-12-11-13-7-9-14(18)10-8-13/h2-10H,11-12H2,1H3,(H,19,21). The van der Waals surface area contributed by atoms with Crippen LogP contribution in [0.5, 0.6) is 0 Å². The van der Waals surface area contributed by atoms with Crippen LogP contribution in [0.15, 0.2) is 54.6 Å². The Balaban J connectivity index is 1.84. The zero-order chi connectivity index (χ0) is 15.9. The van der Waals surface area contributed by atoms with Gasteiger partial charge in [0.2, 0.25) is 0 Å². The molecule has 0 bridgehead atoms. The number of amides is 2. The Bertz CT molecular complexity index is 641. The van der Waals surface area contributed by atoms with Gasteiger partial charge in [0.25, 0.3) is 0 Å². The highest BCUT2D eigenvalue weighted by atomic mass is 19.1. The zero-order valence-corrected chi connectivity index (χ0v) is 12.3. The molecule has 0 aliphatic rings. The first-order valence-electron chi connectivity index (χ1n) is 6.93. The van der Waals surface area contributed by atoms with Gasteiger partial charge < -0.3 is 10.2 Å². The molecule has 2 rings (SSSR count). The zero-order valence-electron chi connectivity index (χ0n) is 12.3. The monoisotopic (exact) mass is 300 g/mol. The molecule has 114 valence electrons. The van der Waals surface area contributed by atoms with Gasteiger partial charge in [-0.05, 0) is 36.2 Å². The molecule has 2 aromatic carbocycles. The third kappa shape index (κ3) is 4.15. The maximum absolute atomic E-state index is 12.8. The van der Waals surface area contributed by atoms with E-state index in [9.17, 15) is 14.0 Å². The van der Waals surface area contributed by atoms with Gasteiger partial charge in [-0.3, -0.25) is 9.59 Å². The number of carbonyl (C=O) groups excluding carboxylic acids is 2. The number of benzene rings is 2. The molecular weight excluding hydrogens is 283 g/mol. The molecule has 0 unspecified atom stereocenters. The number of halogens is 1. The lowest BCUT2D eigenvalue weighted by Gasteiger charge is -2.16. The van der Waals surface area contributed by atoms with Crippen LogP contribution in [0.3, 0.4) is 0 Å². The van der Waals surface area contributed by atoms with Crippen LogP contribution in [-0.4, -0.2) is 25.4 Å². The number of rotatable bonds is 4. The van der Waals surface area contributed by atoms with Crippen molar-refractivity contribution in [3.05, 3.63) is 66.0 Å². The molecule has 0 aromatic heterocycles. The van der Waals surface area contributed by atoms with Gasteiger partial charge in [0.05, 0.1) is 0 Å². The van der Waals surface area contributed by atoms with Crippen molar-refractivity contribution in [2.45, 2.75) is 6.42 Å². The van der Waals surface area contributed by atoms with E-state index in [0.717, 1.165) is 5.56 Å². The van der Waals surface area contributed by atoms with Crippen molar-refractivity contribution in [3.8, 4) is 0 Å². The van der Waals surface area contributed by atoms with Crippen LogP contribution in [0, 0.1) is 5.82 Å². The van der Waals surface area contributed by atoms with Crippen molar-refractivity contribution in [1.29, 1.82) is 0 Å². The average Bonchev–Trinajstić information content (AvgIpc) is 2.56. The summed E-state index contributed by atoms with van der Waals surface area (Å²) < 4.78 is 12.8. The summed E-state index contributed by atoms with van der Waals surface area (Å²) in [5.41, 5.74) is 1.55. The van der Waals surface area contributed by atoms with E-state index in [0.29, 0.717) is 18.7 Å². The van der Waals surface area contributed by atoms with Crippen LogP contribution in [0.25, 0.3) is 0 Å². The van der Waals surface area contributed by atoms with Gasteiger partial charge in [0.15, 0.2) is 0 Å². The second-order valence-corrected chi connectivity index (χ2v) is 4.83. The van der Waals surface area contributed by atoms with E-state index in [2.05, 4.69) is 5.32 Å². The Kier molecular flexibility index (Phi) is 5.25. The van der Waals surface area contributed by atoms with Crippen molar-refractivity contribution in [1.82, 2.24) is 5.32 Å². The van der Waals surface area contributed by atoms with Crippen LogP contribution in [0.1, 0.15) is 5.56 Å². The maximum Gasteiger partial charge on any atom is 0.316 e. The molecule has 2 amide bonds. The summed E-state index contributed by atoms with van der Waals surface area (Å²) in [6.45, 7) is 0.318. The second-order valence-electron chi connectivity index (χ2n) is 4.83. The van der Waals surface area contributed by atoms with E-state index in [1.54, 1.807) is 43.4 Å². The van der Waals surface area contributed by atoms with Crippen LogP contribution in [0.4, 0.5) is 10.1 Å². The highest BCUT2D eigenvalue weighted by Gasteiger charge is 2.19. The summed E-state index contributed by atoms with van der Waals surface area (Å²) >= 11 is 0. The second kappa shape index (κ2) is 7.36. The van der Waals surface area contributed by atoms with Gasteiger partial charge in [0, 0.05) is 19.3 Å². The molecule has 0 saturated heterocycles. The molecular formula is C17H17FN2O2. The van der Waals surface area contributed by atoms with Crippen molar-refractivity contribution in [2.75, 3.05) is 18.5 Å². The topological polar surface area (TPSA) is 49.4 Å². The number of hydrogen-bond acceptors (Lipinski definition) is 2. The molecule has 0 spiro atoms. The summed E-state index contributed by atoms with van der Waals surface area (Å²) in [7, 11) is 1.55. The summed E-state index contributed by atoms with van der Waals surface area (Å²) in [5.74, 6) is -1.58. The Morgan fingerprint density at radius 2 is 1.68 bits per heavy atom. The number of likely N-dealkylation sites (N-methyl/N-ethyl adjacent to an activating group) is 1. The fourth-order valence-electron chi connectivity index (χ4n) is 1.97. The molecule has 0 fully saturated rings. The summed E-state index contributed by atoms with van der Waals surface area (Å²) in [6.07, 6.45) is 0.536. The normalized spacial score (nSPS) is 10.1. The van der Waals surface area contributed by atoms with Crippen LogP contribution in [0.2, 0.25) is 0 Å². The number of nitrogens with one attached hydrogen (secondary N) is 1. The Labute approximate surface area is 128 Å².